The molecule has 0 fully saturated rings. The largest absolute Gasteiger partial charge is 0.478 e. The van der Waals surface area contributed by atoms with E-state index in [0.29, 0.717) is 30.1 Å². The van der Waals surface area contributed by atoms with Crippen molar-refractivity contribution in [2.75, 3.05) is 18.5 Å². The van der Waals surface area contributed by atoms with Crippen LogP contribution in [0.15, 0.2) is 18.2 Å². The maximum atomic E-state index is 11.1. The Labute approximate surface area is 101 Å². The molecule has 1 aromatic rings. The number of anilines is 1. The normalized spacial score (nSPS) is 12.2. The maximum absolute atomic E-state index is 11.1. The molecule has 0 aliphatic rings. The van der Waals surface area contributed by atoms with Crippen LogP contribution in [0.2, 0.25) is 0 Å². The molecule has 0 radical (unpaired) electrons. The first-order valence-electron chi connectivity index (χ1n) is 5.74. The van der Waals surface area contributed by atoms with E-state index >= 15 is 0 Å². The molecule has 4 nitrogen and oxygen atoms in total. The Kier molecular flexibility index (Phi) is 4.97. The van der Waals surface area contributed by atoms with Crippen molar-refractivity contribution in [2.24, 2.45) is 5.92 Å². The van der Waals surface area contributed by atoms with Gasteiger partial charge in [0.25, 0.3) is 0 Å². The maximum Gasteiger partial charge on any atom is 0.337 e. The summed E-state index contributed by atoms with van der Waals surface area (Å²) in [5, 5.41) is 21.0. The molecule has 1 unspecified atom stereocenters. The number of aliphatic hydroxyl groups excluding tert-OH is 1. The minimum Gasteiger partial charge on any atom is -0.478 e. The second kappa shape index (κ2) is 6.25. The number of carboxylic acids is 1. The van der Waals surface area contributed by atoms with Crippen LogP contribution in [0.1, 0.15) is 29.3 Å². The van der Waals surface area contributed by atoms with Crippen molar-refractivity contribution in [3.05, 3.63) is 29.3 Å². The molecule has 0 aliphatic carbocycles. The molecular formula is C13H19NO3. The Hall–Kier alpha value is -1.55. The van der Waals surface area contributed by atoms with Gasteiger partial charge in [-0.25, -0.2) is 4.79 Å². The Bertz CT molecular complexity index is 390. The number of nitrogens with one attached hydrogen (secondary N) is 1. The summed E-state index contributed by atoms with van der Waals surface area (Å²) >= 11 is 0. The predicted octanol–water partition coefficient (Wildman–Crippen LogP) is 2.12. The van der Waals surface area contributed by atoms with Gasteiger partial charge < -0.3 is 15.5 Å². The molecular weight excluding hydrogens is 218 g/mol. The van der Waals surface area contributed by atoms with E-state index < -0.39 is 5.97 Å². The average Bonchev–Trinajstić information content (AvgIpc) is 2.27. The number of rotatable bonds is 6. The van der Waals surface area contributed by atoms with E-state index in [-0.39, 0.29) is 6.61 Å². The van der Waals surface area contributed by atoms with Crippen molar-refractivity contribution < 1.29 is 15.0 Å². The third kappa shape index (κ3) is 3.75. The molecule has 0 aliphatic heterocycles. The molecule has 3 N–H and O–H groups in total. The second-order valence-corrected chi connectivity index (χ2v) is 4.30. The molecule has 0 aromatic heterocycles. The van der Waals surface area contributed by atoms with Crippen molar-refractivity contribution in [3.63, 3.8) is 0 Å². The SMILES string of the molecule is Cc1cccc(C(=O)O)c1NCC(C)CCO. The van der Waals surface area contributed by atoms with Gasteiger partial charge in [0, 0.05) is 13.2 Å². The molecule has 0 saturated carbocycles. The first-order valence-corrected chi connectivity index (χ1v) is 5.74. The highest BCUT2D eigenvalue weighted by atomic mass is 16.4. The Balaban J connectivity index is 2.79. The Morgan fingerprint density at radius 3 is 2.76 bits per heavy atom. The second-order valence-electron chi connectivity index (χ2n) is 4.30. The van der Waals surface area contributed by atoms with E-state index in [1.165, 1.54) is 0 Å². The summed E-state index contributed by atoms with van der Waals surface area (Å²) in [5.41, 5.74) is 1.88. The van der Waals surface area contributed by atoms with Gasteiger partial charge in [0.15, 0.2) is 0 Å². The number of aliphatic hydroxyl groups is 1. The van der Waals surface area contributed by atoms with Crippen LogP contribution < -0.4 is 5.32 Å². The third-order valence-corrected chi connectivity index (χ3v) is 2.75. The van der Waals surface area contributed by atoms with E-state index in [9.17, 15) is 4.79 Å². The lowest BCUT2D eigenvalue weighted by Crippen LogP contribution is -2.15. The van der Waals surface area contributed by atoms with Gasteiger partial charge in [-0.15, -0.1) is 0 Å². The summed E-state index contributed by atoms with van der Waals surface area (Å²) in [5.74, 6) is -0.618. The van der Waals surface area contributed by atoms with Crippen LogP contribution in [0.4, 0.5) is 5.69 Å². The van der Waals surface area contributed by atoms with E-state index in [4.69, 9.17) is 10.2 Å². The lowest BCUT2D eigenvalue weighted by atomic mass is 10.1. The summed E-state index contributed by atoms with van der Waals surface area (Å²) in [7, 11) is 0. The van der Waals surface area contributed by atoms with E-state index in [2.05, 4.69) is 5.32 Å². The molecule has 0 saturated heterocycles. The smallest absolute Gasteiger partial charge is 0.337 e. The first kappa shape index (κ1) is 13.5. The Morgan fingerprint density at radius 1 is 1.47 bits per heavy atom. The van der Waals surface area contributed by atoms with Crippen molar-refractivity contribution in [2.45, 2.75) is 20.3 Å². The van der Waals surface area contributed by atoms with Gasteiger partial charge in [-0.05, 0) is 30.9 Å². The van der Waals surface area contributed by atoms with Crippen molar-refractivity contribution in [1.29, 1.82) is 0 Å². The van der Waals surface area contributed by atoms with Crippen molar-refractivity contribution in [3.8, 4) is 0 Å². The summed E-state index contributed by atoms with van der Waals surface area (Å²) in [6.45, 7) is 4.71. The zero-order valence-electron chi connectivity index (χ0n) is 10.2. The topological polar surface area (TPSA) is 69.6 Å². The monoisotopic (exact) mass is 237 g/mol. The van der Waals surface area contributed by atoms with Crippen molar-refractivity contribution in [1.82, 2.24) is 0 Å². The molecule has 17 heavy (non-hydrogen) atoms. The van der Waals surface area contributed by atoms with Crippen LogP contribution >= 0.6 is 0 Å². The summed E-state index contributed by atoms with van der Waals surface area (Å²) in [4.78, 5) is 11.1. The van der Waals surface area contributed by atoms with Gasteiger partial charge in [-0.2, -0.15) is 0 Å². The molecule has 94 valence electrons. The van der Waals surface area contributed by atoms with Crippen molar-refractivity contribution >= 4 is 11.7 Å². The fraction of sp³-hybridized carbons (Fsp3) is 0.462. The number of aromatic carboxylic acids is 1. The number of aryl methyl sites for hydroxylation is 1. The van der Waals surface area contributed by atoms with Crippen LogP contribution in [0.5, 0.6) is 0 Å². The van der Waals surface area contributed by atoms with Crippen LogP contribution in [0, 0.1) is 12.8 Å². The van der Waals surface area contributed by atoms with Gasteiger partial charge >= 0.3 is 5.97 Å². The average molecular weight is 237 g/mol. The predicted molar refractivity (Wildman–Crippen MR) is 67.5 cm³/mol. The van der Waals surface area contributed by atoms with Gasteiger partial charge in [-0.3, -0.25) is 0 Å². The lowest BCUT2D eigenvalue weighted by molar-refractivity contribution is 0.0698. The number of hydrogen-bond acceptors (Lipinski definition) is 3. The zero-order valence-corrected chi connectivity index (χ0v) is 10.2. The van der Waals surface area contributed by atoms with Crippen LogP contribution in [-0.4, -0.2) is 29.3 Å². The van der Waals surface area contributed by atoms with E-state index in [1.54, 1.807) is 12.1 Å². The fourth-order valence-corrected chi connectivity index (χ4v) is 1.68. The number of carboxylic acid groups (broad SMARTS) is 1. The van der Waals surface area contributed by atoms with Gasteiger partial charge in [0.1, 0.15) is 0 Å². The van der Waals surface area contributed by atoms with Gasteiger partial charge in [0.2, 0.25) is 0 Å². The summed E-state index contributed by atoms with van der Waals surface area (Å²) in [6.07, 6.45) is 0.710. The van der Waals surface area contributed by atoms with Gasteiger partial charge in [-0.1, -0.05) is 19.1 Å². The number of benzene rings is 1. The van der Waals surface area contributed by atoms with Crippen LogP contribution in [0.25, 0.3) is 0 Å². The number of para-hydroxylation sites is 1. The minimum atomic E-state index is -0.925. The standard InChI is InChI=1S/C13H19NO3/c1-9(6-7-15)8-14-12-10(2)4-3-5-11(12)13(16)17/h3-5,9,14-15H,6-8H2,1-2H3,(H,16,17). The molecule has 1 rings (SSSR count). The number of hydrogen-bond donors (Lipinski definition) is 3. The molecule has 4 heteroatoms. The number of carbonyl (C=O) groups is 1. The van der Waals surface area contributed by atoms with E-state index in [1.807, 2.05) is 19.9 Å². The highest BCUT2D eigenvalue weighted by molar-refractivity contribution is 5.95. The summed E-state index contributed by atoms with van der Waals surface area (Å²) < 4.78 is 0. The molecule has 0 spiro atoms. The molecule has 0 amide bonds. The fourth-order valence-electron chi connectivity index (χ4n) is 1.68. The zero-order chi connectivity index (χ0) is 12.8. The third-order valence-electron chi connectivity index (χ3n) is 2.75. The molecule has 0 bridgehead atoms. The molecule has 1 aromatic carbocycles. The quantitative estimate of drug-likeness (QED) is 0.709. The molecule has 0 heterocycles. The first-order chi connectivity index (χ1) is 8.06. The highest BCUT2D eigenvalue weighted by Crippen LogP contribution is 2.21. The minimum absolute atomic E-state index is 0.155. The van der Waals surface area contributed by atoms with Crippen LogP contribution in [0.3, 0.4) is 0 Å². The molecule has 1 atom stereocenters. The van der Waals surface area contributed by atoms with E-state index in [0.717, 1.165) is 5.56 Å². The lowest BCUT2D eigenvalue weighted by Gasteiger charge is -2.16. The summed E-state index contributed by atoms with van der Waals surface area (Å²) in [6, 6.07) is 5.21. The highest BCUT2D eigenvalue weighted by Gasteiger charge is 2.12. The van der Waals surface area contributed by atoms with Gasteiger partial charge in [0.05, 0.1) is 11.3 Å². The Morgan fingerprint density at radius 2 is 2.18 bits per heavy atom. The van der Waals surface area contributed by atoms with Crippen LogP contribution in [-0.2, 0) is 0 Å².